The highest BCUT2D eigenvalue weighted by Gasteiger charge is 2.15. The third-order valence-electron chi connectivity index (χ3n) is 5.40. The summed E-state index contributed by atoms with van der Waals surface area (Å²) in [6.45, 7) is 2.29. The highest BCUT2D eigenvalue weighted by molar-refractivity contribution is 5.87. The Morgan fingerprint density at radius 3 is 2.58 bits per heavy atom. The van der Waals surface area contributed by atoms with Gasteiger partial charge in [-0.2, -0.15) is 0 Å². The van der Waals surface area contributed by atoms with Crippen molar-refractivity contribution in [1.82, 2.24) is 0 Å². The van der Waals surface area contributed by atoms with Gasteiger partial charge in [0.2, 0.25) is 0 Å². The van der Waals surface area contributed by atoms with Crippen LogP contribution < -0.4 is 4.74 Å². The summed E-state index contributed by atoms with van der Waals surface area (Å²) >= 11 is 0. The molecule has 128 valence electrons. The largest absolute Gasteiger partial charge is 0.497 e. The summed E-state index contributed by atoms with van der Waals surface area (Å²) in [6, 6.07) is 13.2. The molecule has 0 radical (unpaired) electrons. The molecule has 0 fully saturated rings. The third-order valence-corrected chi connectivity index (χ3v) is 5.40. The minimum atomic E-state index is 0.912. The average Bonchev–Trinajstić information content (AvgIpc) is 2.65. The first-order chi connectivity index (χ1) is 11.8. The van der Waals surface area contributed by atoms with Gasteiger partial charge < -0.3 is 4.74 Å². The summed E-state index contributed by atoms with van der Waals surface area (Å²) in [5.41, 5.74) is 2.94. The normalized spacial score (nSPS) is 17.8. The van der Waals surface area contributed by atoms with E-state index < -0.39 is 0 Å². The highest BCUT2D eigenvalue weighted by Crippen LogP contribution is 2.34. The number of methoxy groups -OCH3 is 1. The van der Waals surface area contributed by atoms with E-state index in [1.165, 1.54) is 73.3 Å². The molecule has 1 aliphatic rings. The van der Waals surface area contributed by atoms with Crippen molar-refractivity contribution in [1.29, 1.82) is 0 Å². The van der Waals surface area contributed by atoms with Gasteiger partial charge in [0.05, 0.1) is 7.11 Å². The lowest BCUT2D eigenvalue weighted by molar-refractivity contribution is 0.415. The highest BCUT2D eigenvalue weighted by atomic mass is 16.5. The molecule has 0 amide bonds. The molecule has 3 rings (SSSR count). The van der Waals surface area contributed by atoms with E-state index in [9.17, 15) is 0 Å². The molecule has 1 nitrogen and oxygen atoms in total. The lowest BCUT2D eigenvalue weighted by Gasteiger charge is -2.22. The van der Waals surface area contributed by atoms with Gasteiger partial charge in [0.1, 0.15) is 5.75 Å². The molecular formula is C23H30O. The van der Waals surface area contributed by atoms with Crippen LogP contribution in [0.1, 0.15) is 63.9 Å². The van der Waals surface area contributed by atoms with Crippen molar-refractivity contribution >= 4 is 16.3 Å². The smallest absolute Gasteiger partial charge is 0.119 e. The van der Waals surface area contributed by atoms with Crippen LogP contribution in [0.2, 0.25) is 0 Å². The molecule has 2 aromatic rings. The molecule has 0 N–H and O–H groups in total. The van der Waals surface area contributed by atoms with Crippen molar-refractivity contribution in [3.05, 3.63) is 48.0 Å². The number of benzene rings is 2. The fourth-order valence-corrected chi connectivity index (χ4v) is 3.82. The van der Waals surface area contributed by atoms with Crippen molar-refractivity contribution in [2.75, 3.05) is 7.11 Å². The Kier molecular flexibility index (Phi) is 5.96. The van der Waals surface area contributed by atoms with Crippen molar-refractivity contribution in [3.8, 4) is 5.75 Å². The Balaban J connectivity index is 1.64. The van der Waals surface area contributed by atoms with Crippen LogP contribution in [-0.4, -0.2) is 7.11 Å². The van der Waals surface area contributed by atoms with E-state index in [0.717, 1.165) is 11.7 Å². The molecule has 1 heteroatoms. The zero-order chi connectivity index (χ0) is 16.8. The average molecular weight is 322 g/mol. The van der Waals surface area contributed by atoms with Crippen LogP contribution in [0.5, 0.6) is 5.75 Å². The molecule has 0 saturated heterocycles. The number of allylic oxidation sites excluding steroid dienone is 2. The lowest BCUT2D eigenvalue weighted by Crippen LogP contribution is -2.05. The van der Waals surface area contributed by atoms with Crippen molar-refractivity contribution < 1.29 is 4.74 Å². The molecule has 0 saturated carbocycles. The van der Waals surface area contributed by atoms with E-state index in [2.05, 4.69) is 43.3 Å². The second-order valence-corrected chi connectivity index (χ2v) is 7.15. The molecule has 1 unspecified atom stereocenters. The summed E-state index contributed by atoms with van der Waals surface area (Å²) in [5.74, 6) is 1.84. The maximum Gasteiger partial charge on any atom is 0.119 e. The van der Waals surface area contributed by atoms with Crippen LogP contribution in [-0.2, 0) is 0 Å². The zero-order valence-corrected chi connectivity index (χ0v) is 15.2. The van der Waals surface area contributed by atoms with Gasteiger partial charge in [-0.15, -0.1) is 0 Å². The van der Waals surface area contributed by atoms with E-state index >= 15 is 0 Å². The van der Waals surface area contributed by atoms with Gasteiger partial charge >= 0.3 is 0 Å². The molecule has 2 aromatic carbocycles. The second-order valence-electron chi connectivity index (χ2n) is 7.15. The summed E-state index contributed by atoms with van der Waals surface area (Å²) in [4.78, 5) is 0. The minimum absolute atomic E-state index is 0.912. The van der Waals surface area contributed by atoms with Gasteiger partial charge in [0, 0.05) is 0 Å². The van der Waals surface area contributed by atoms with Crippen molar-refractivity contribution in [3.63, 3.8) is 0 Å². The molecule has 0 bridgehead atoms. The fourth-order valence-electron chi connectivity index (χ4n) is 3.82. The van der Waals surface area contributed by atoms with Crippen LogP contribution in [0.15, 0.2) is 42.5 Å². The van der Waals surface area contributed by atoms with E-state index in [0.29, 0.717) is 0 Å². The molecule has 24 heavy (non-hydrogen) atoms. The van der Waals surface area contributed by atoms with Crippen molar-refractivity contribution in [2.45, 2.75) is 58.3 Å². The molecule has 0 aliphatic heterocycles. The molecule has 0 aromatic heterocycles. The van der Waals surface area contributed by atoms with E-state index in [4.69, 9.17) is 4.74 Å². The Morgan fingerprint density at radius 1 is 1.00 bits per heavy atom. The standard InChI is InChI=1S/C23H30O/c1-3-4-5-6-7-18-8-10-19(11-9-18)20-12-13-22-17-23(24-2)15-14-21(22)16-20/h10,12-18H,3-9,11H2,1-2H3. The number of unbranched alkanes of at least 4 members (excludes halogenated alkanes) is 3. The van der Waals surface area contributed by atoms with Crippen LogP contribution in [0.25, 0.3) is 16.3 Å². The number of rotatable bonds is 7. The van der Waals surface area contributed by atoms with E-state index in [1.54, 1.807) is 7.11 Å². The summed E-state index contributed by atoms with van der Waals surface area (Å²) < 4.78 is 5.32. The molecular weight excluding hydrogens is 292 g/mol. The monoisotopic (exact) mass is 322 g/mol. The maximum atomic E-state index is 5.32. The first kappa shape index (κ1) is 17.1. The summed E-state index contributed by atoms with van der Waals surface area (Å²) in [7, 11) is 1.72. The van der Waals surface area contributed by atoms with Crippen molar-refractivity contribution in [2.24, 2.45) is 5.92 Å². The van der Waals surface area contributed by atoms with Crippen LogP contribution in [0.3, 0.4) is 0 Å². The van der Waals surface area contributed by atoms with Gasteiger partial charge in [0.15, 0.2) is 0 Å². The summed E-state index contributed by atoms with van der Waals surface area (Å²) in [5, 5.41) is 2.55. The summed E-state index contributed by atoms with van der Waals surface area (Å²) in [6.07, 6.45) is 13.3. The Morgan fingerprint density at radius 2 is 1.83 bits per heavy atom. The number of ether oxygens (including phenoxy) is 1. The van der Waals surface area contributed by atoms with E-state index in [-0.39, 0.29) is 0 Å². The Bertz CT molecular complexity index is 698. The predicted octanol–water partition coefficient (Wildman–Crippen LogP) is 7.00. The number of fused-ring (bicyclic) bond motifs is 1. The molecule has 1 aliphatic carbocycles. The fraction of sp³-hybridized carbons (Fsp3) is 0.478. The minimum Gasteiger partial charge on any atom is -0.497 e. The zero-order valence-electron chi connectivity index (χ0n) is 15.2. The number of hydrogen-bond donors (Lipinski definition) is 0. The van der Waals surface area contributed by atoms with Gasteiger partial charge in [0.25, 0.3) is 0 Å². The second kappa shape index (κ2) is 8.37. The maximum absolute atomic E-state index is 5.32. The molecule has 0 spiro atoms. The molecule has 0 heterocycles. The van der Waals surface area contributed by atoms with Crippen LogP contribution in [0, 0.1) is 5.92 Å². The van der Waals surface area contributed by atoms with Gasteiger partial charge in [-0.3, -0.25) is 0 Å². The first-order valence-electron chi connectivity index (χ1n) is 9.57. The topological polar surface area (TPSA) is 9.23 Å². The SMILES string of the molecule is CCCCCCC1CC=C(c2ccc3cc(OC)ccc3c2)CC1. The van der Waals surface area contributed by atoms with Gasteiger partial charge in [-0.25, -0.2) is 0 Å². The third kappa shape index (κ3) is 4.20. The van der Waals surface area contributed by atoms with Crippen LogP contribution >= 0.6 is 0 Å². The quantitative estimate of drug-likeness (QED) is 0.498. The first-order valence-corrected chi connectivity index (χ1v) is 9.57. The van der Waals surface area contributed by atoms with Gasteiger partial charge in [-0.1, -0.05) is 63.3 Å². The Hall–Kier alpha value is -1.76. The van der Waals surface area contributed by atoms with E-state index in [1.807, 2.05) is 6.07 Å². The lowest BCUT2D eigenvalue weighted by atomic mass is 9.83. The van der Waals surface area contributed by atoms with Crippen LogP contribution in [0.4, 0.5) is 0 Å². The Labute approximate surface area is 146 Å². The van der Waals surface area contributed by atoms with Gasteiger partial charge in [-0.05, 0) is 65.3 Å². The predicted molar refractivity (Wildman–Crippen MR) is 105 cm³/mol. The molecule has 1 atom stereocenters. The number of hydrogen-bond acceptors (Lipinski definition) is 1.